The highest BCUT2D eigenvalue weighted by Gasteiger charge is 2.10. The van der Waals surface area contributed by atoms with E-state index in [9.17, 15) is 4.79 Å². The van der Waals surface area contributed by atoms with Crippen LogP contribution in [0.25, 0.3) is 22.3 Å². The standard InChI is InChI=1S/C19H16N2O/c1-13-7-8-17(14-5-3-2-4-6-14)18(9-13)15-10-16(19(20)22)12-21-11-15/h2-12H,1H3,(H2,20,22). The predicted octanol–water partition coefficient (Wildman–Crippen LogP) is 3.82. The van der Waals surface area contributed by atoms with E-state index in [-0.39, 0.29) is 0 Å². The Morgan fingerprint density at radius 3 is 2.41 bits per heavy atom. The average Bonchev–Trinajstić information content (AvgIpc) is 2.55. The molecule has 1 heterocycles. The van der Waals surface area contributed by atoms with Crippen molar-refractivity contribution < 1.29 is 4.79 Å². The summed E-state index contributed by atoms with van der Waals surface area (Å²) in [7, 11) is 0. The Morgan fingerprint density at radius 2 is 1.68 bits per heavy atom. The van der Waals surface area contributed by atoms with E-state index in [0.29, 0.717) is 5.56 Å². The SMILES string of the molecule is Cc1ccc(-c2ccccc2)c(-c2cncc(C(N)=O)c2)c1. The van der Waals surface area contributed by atoms with E-state index in [1.165, 1.54) is 6.20 Å². The van der Waals surface area contributed by atoms with Crippen molar-refractivity contribution in [2.75, 3.05) is 0 Å². The molecule has 3 nitrogen and oxygen atoms in total. The van der Waals surface area contributed by atoms with E-state index < -0.39 is 5.91 Å². The number of aryl methyl sites for hydroxylation is 1. The molecule has 22 heavy (non-hydrogen) atoms. The summed E-state index contributed by atoms with van der Waals surface area (Å²) >= 11 is 0. The fourth-order valence-electron chi connectivity index (χ4n) is 2.49. The van der Waals surface area contributed by atoms with Crippen molar-refractivity contribution in [2.45, 2.75) is 6.92 Å². The normalized spacial score (nSPS) is 10.4. The fourth-order valence-corrected chi connectivity index (χ4v) is 2.49. The average molecular weight is 288 g/mol. The van der Waals surface area contributed by atoms with Gasteiger partial charge >= 0.3 is 0 Å². The third-order valence-electron chi connectivity index (χ3n) is 3.59. The van der Waals surface area contributed by atoms with Crippen molar-refractivity contribution in [1.82, 2.24) is 4.98 Å². The molecule has 108 valence electrons. The van der Waals surface area contributed by atoms with Crippen LogP contribution in [0.1, 0.15) is 15.9 Å². The lowest BCUT2D eigenvalue weighted by Gasteiger charge is -2.12. The molecule has 0 fully saturated rings. The topological polar surface area (TPSA) is 56.0 Å². The zero-order chi connectivity index (χ0) is 15.5. The molecule has 3 aromatic rings. The zero-order valence-electron chi connectivity index (χ0n) is 12.3. The lowest BCUT2D eigenvalue weighted by molar-refractivity contribution is 0.1000. The minimum atomic E-state index is -0.469. The number of hydrogen-bond donors (Lipinski definition) is 1. The predicted molar refractivity (Wildman–Crippen MR) is 88.4 cm³/mol. The van der Waals surface area contributed by atoms with E-state index >= 15 is 0 Å². The summed E-state index contributed by atoms with van der Waals surface area (Å²) < 4.78 is 0. The Morgan fingerprint density at radius 1 is 0.909 bits per heavy atom. The monoisotopic (exact) mass is 288 g/mol. The van der Waals surface area contributed by atoms with Crippen LogP contribution in [0.3, 0.4) is 0 Å². The highest BCUT2D eigenvalue weighted by atomic mass is 16.1. The molecule has 0 bridgehead atoms. The van der Waals surface area contributed by atoms with Crippen LogP contribution in [0.4, 0.5) is 0 Å². The lowest BCUT2D eigenvalue weighted by Crippen LogP contribution is -2.11. The van der Waals surface area contributed by atoms with Gasteiger partial charge in [0.05, 0.1) is 5.56 Å². The first-order valence-electron chi connectivity index (χ1n) is 7.06. The first-order chi connectivity index (χ1) is 10.6. The molecule has 0 unspecified atom stereocenters. The van der Waals surface area contributed by atoms with Crippen LogP contribution in [0.15, 0.2) is 67.0 Å². The molecule has 2 N–H and O–H groups in total. The first kappa shape index (κ1) is 14.0. The second kappa shape index (κ2) is 5.82. The van der Waals surface area contributed by atoms with Gasteiger partial charge < -0.3 is 5.73 Å². The second-order valence-corrected chi connectivity index (χ2v) is 5.24. The van der Waals surface area contributed by atoms with Crippen molar-refractivity contribution >= 4 is 5.91 Å². The van der Waals surface area contributed by atoms with Gasteiger partial charge in [-0.05, 0) is 29.7 Å². The number of pyridine rings is 1. The molecular weight excluding hydrogens is 272 g/mol. The number of primary amides is 1. The molecule has 0 aliphatic heterocycles. The van der Waals surface area contributed by atoms with Gasteiger partial charge in [-0.3, -0.25) is 9.78 Å². The lowest BCUT2D eigenvalue weighted by atomic mass is 9.93. The number of amides is 1. The molecule has 1 amide bonds. The minimum Gasteiger partial charge on any atom is -0.366 e. The number of hydrogen-bond acceptors (Lipinski definition) is 2. The summed E-state index contributed by atoms with van der Waals surface area (Å²) in [6.45, 7) is 2.05. The van der Waals surface area contributed by atoms with Gasteiger partial charge in [0.25, 0.3) is 0 Å². The molecule has 0 aliphatic rings. The Kier molecular flexibility index (Phi) is 3.71. The number of nitrogens with zero attached hydrogens (tertiary/aromatic N) is 1. The Bertz CT molecular complexity index is 826. The molecule has 3 heteroatoms. The van der Waals surface area contributed by atoms with Gasteiger partial charge in [0.1, 0.15) is 0 Å². The third-order valence-corrected chi connectivity index (χ3v) is 3.59. The number of carbonyl (C=O) groups is 1. The maximum Gasteiger partial charge on any atom is 0.250 e. The first-order valence-corrected chi connectivity index (χ1v) is 7.06. The highest BCUT2D eigenvalue weighted by molar-refractivity contribution is 5.94. The van der Waals surface area contributed by atoms with Gasteiger partial charge in [-0.2, -0.15) is 0 Å². The summed E-state index contributed by atoms with van der Waals surface area (Å²) in [4.78, 5) is 15.5. The molecule has 0 atom stereocenters. The molecule has 0 aliphatic carbocycles. The van der Waals surface area contributed by atoms with Gasteiger partial charge in [0, 0.05) is 18.0 Å². The van der Waals surface area contributed by atoms with Crippen molar-refractivity contribution in [3.8, 4) is 22.3 Å². The van der Waals surface area contributed by atoms with Crippen LogP contribution < -0.4 is 5.73 Å². The van der Waals surface area contributed by atoms with Crippen LogP contribution in [0.2, 0.25) is 0 Å². The molecule has 0 spiro atoms. The fraction of sp³-hybridized carbons (Fsp3) is 0.0526. The molecule has 2 aromatic carbocycles. The van der Waals surface area contributed by atoms with E-state index in [1.807, 2.05) is 25.1 Å². The quantitative estimate of drug-likeness (QED) is 0.796. The number of rotatable bonds is 3. The number of carbonyl (C=O) groups excluding carboxylic acids is 1. The smallest absolute Gasteiger partial charge is 0.250 e. The maximum absolute atomic E-state index is 11.4. The van der Waals surface area contributed by atoms with Gasteiger partial charge in [-0.25, -0.2) is 0 Å². The van der Waals surface area contributed by atoms with Crippen molar-refractivity contribution in [1.29, 1.82) is 0 Å². The summed E-state index contributed by atoms with van der Waals surface area (Å²) in [5.41, 5.74) is 11.1. The molecule has 1 aromatic heterocycles. The Labute approximate surface area is 129 Å². The summed E-state index contributed by atoms with van der Waals surface area (Å²) in [5.74, 6) is -0.469. The van der Waals surface area contributed by atoms with Crippen LogP contribution in [0.5, 0.6) is 0 Å². The summed E-state index contributed by atoms with van der Waals surface area (Å²) in [6, 6.07) is 18.2. The Balaban J connectivity index is 2.20. The van der Waals surface area contributed by atoms with Gasteiger partial charge in [0.2, 0.25) is 5.91 Å². The zero-order valence-corrected chi connectivity index (χ0v) is 12.3. The van der Waals surface area contributed by atoms with Crippen LogP contribution in [-0.4, -0.2) is 10.9 Å². The highest BCUT2D eigenvalue weighted by Crippen LogP contribution is 2.32. The van der Waals surface area contributed by atoms with Gasteiger partial charge in [-0.1, -0.05) is 54.1 Å². The van der Waals surface area contributed by atoms with E-state index in [0.717, 1.165) is 27.8 Å². The minimum absolute atomic E-state index is 0.415. The van der Waals surface area contributed by atoms with E-state index in [4.69, 9.17) is 5.73 Å². The summed E-state index contributed by atoms with van der Waals surface area (Å²) in [5, 5.41) is 0. The number of aromatic nitrogens is 1. The van der Waals surface area contributed by atoms with E-state index in [1.54, 1.807) is 12.3 Å². The Hall–Kier alpha value is -2.94. The van der Waals surface area contributed by atoms with Gasteiger partial charge in [-0.15, -0.1) is 0 Å². The van der Waals surface area contributed by atoms with Crippen molar-refractivity contribution in [3.05, 3.63) is 78.1 Å². The summed E-state index contributed by atoms with van der Waals surface area (Å²) in [6.07, 6.45) is 3.25. The third kappa shape index (κ3) is 2.74. The van der Waals surface area contributed by atoms with Crippen molar-refractivity contribution in [3.63, 3.8) is 0 Å². The molecule has 0 saturated carbocycles. The number of nitrogens with two attached hydrogens (primary N) is 1. The molecule has 3 rings (SSSR count). The van der Waals surface area contributed by atoms with Crippen LogP contribution in [-0.2, 0) is 0 Å². The maximum atomic E-state index is 11.4. The van der Waals surface area contributed by atoms with E-state index in [2.05, 4.69) is 35.3 Å². The molecule has 0 saturated heterocycles. The van der Waals surface area contributed by atoms with Crippen LogP contribution >= 0.6 is 0 Å². The molecular formula is C19H16N2O. The van der Waals surface area contributed by atoms with Crippen LogP contribution in [0, 0.1) is 6.92 Å². The van der Waals surface area contributed by atoms with Crippen molar-refractivity contribution in [2.24, 2.45) is 5.73 Å². The van der Waals surface area contributed by atoms with Gasteiger partial charge in [0.15, 0.2) is 0 Å². The largest absolute Gasteiger partial charge is 0.366 e. The molecule has 0 radical (unpaired) electrons. The number of benzene rings is 2. The second-order valence-electron chi connectivity index (χ2n) is 5.24.